The molecule has 0 saturated heterocycles. The Morgan fingerprint density at radius 2 is 1.95 bits per heavy atom. The molecule has 1 heterocycles. The molecule has 1 aromatic carbocycles. The maximum Gasteiger partial charge on any atom is 0.119 e. The second-order valence-corrected chi connectivity index (χ2v) is 5.05. The Kier molecular flexibility index (Phi) is 4.99. The Balaban J connectivity index is 1.91. The summed E-state index contributed by atoms with van der Waals surface area (Å²) in [6, 6.07) is 9.81. The van der Waals surface area contributed by atoms with Crippen molar-refractivity contribution >= 4 is 0 Å². The molecule has 0 N–H and O–H groups in total. The van der Waals surface area contributed by atoms with Gasteiger partial charge in [-0.1, -0.05) is 19.1 Å². The van der Waals surface area contributed by atoms with Crippen LogP contribution in [0.25, 0.3) is 0 Å². The summed E-state index contributed by atoms with van der Waals surface area (Å²) in [7, 11) is 0. The van der Waals surface area contributed by atoms with Gasteiger partial charge in [0.1, 0.15) is 12.4 Å². The standard InChI is InChI=1S/C17H21N3O/c1-4-17-13(2)19-20(14(17)3)11-12-21-16-7-5-15(6-8-16)9-10-18/h5-8H,4,9,11-12H2,1-3H3. The van der Waals surface area contributed by atoms with Gasteiger partial charge in [0.15, 0.2) is 0 Å². The normalized spacial score (nSPS) is 10.4. The van der Waals surface area contributed by atoms with E-state index in [0.29, 0.717) is 13.0 Å². The van der Waals surface area contributed by atoms with Crippen LogP contribution in [0.15, 0.2) is 24.3 Å². The molecule has 1 aromatic heterocycles. The molecule has 110 valence electrons. The molecule has 0 aliphatic heterocycles. The molecule has 4 heteroatoms. The van der Waals surface area contributed by atoms with E-state index in [1.165, 1.54) is 11.3 Å². The minimum absolute atomic E-state index is 0.436. The van der Waals surface area contributed by atoms with Gasteiger partial charge < -0.3 is 4.74 Å². The highest BCUT2D eigenvalue weighted by Crippen LogP contribution is 2.15. The molecule has 21 heavy (non-hydrogen) atoms. The summed E-state index contributed by atoms with van der Waals surface area (Å²) in [6.45, 7) is 7.64. The Labute approximate surface area is 126 Å². The van der Waals surface area contributed by atoms with Crippen LogP contribution in [0, 0.1) is 25.2 Å². The minimum atomic E-state index is 0.436. The number of ether oxygens (including phenoxy) is 1. The van der Waals surface area contributed by atoms with E-state index in [9.17, 15) is 0 Å². The molecule has 0 radical (unpaired) electrons. The molecule has 0 saturated carbocycles. The first-order chi connectivity index (χ1) is 10.2. The monoisotopic (exact) mass is 283 g/mol. The summed E-state index contributed by atoms with van der Waals surface area (Å²) in [4.78, 5) is 0. The van der Waals surface area contributed by atoms with Crippen LogP contribution in [-0.2, 0) is 19.4 Å². The van der Waals surface area contributed by atoms with Crippen LogP contribution in [0.4, 0.5) is 0 Å². The number of benzene rings is 1. The average Bonchev–Trinajstić information content (AvgIpc) is 2.75. The average molecular weight is 283 g/mol. The molecule has 0 unspecified atom stereocenters. The van der Waals surface area contributed by atoms with E-state index in [1.54, 1.807) is 0 Å². The van der Waals surface area contributed by atoms with Crippen molar-refractivity contribution in [1.82, 2.24) is 9.78 Å². The zero-order valence-electron chi connectivity index (χ0n) is 12.9. The largest absolute Gasteiger partial charge is 0.492 e. The summed E-state index contributed by atoms with van der Waals surface area (Å²) < 4.78 is 7.75. The second-order valence-electron chi connectivity index (χ2n) is 5.05. The molecule has 4 nitrogen and oxygen atoms in total. The van der Waals surface area contributed by atoms with Crippen LogP contribution >= 0.6 is 0 Å². The van der Waals surface area contributed by atoms with Crippen molar-refractivity contribution in [3.8, 4) is 11.8 Å². The molecule has 0 atom stereocenters. The maximum atomic E-state index is 8.64. The first-order valence-electron chi connectivity index (χ1n) is 7.27. The third-order valence-corrected chi connectivity index (χ3v) is 3.66. The van der Waals surface area contributed by atoms with Crippen LogP contribution in [-0.4, -0.2) is 16.4 Å². The van der Waals surface area contributed by atoms with Crippen molar-refractivity contribution < 1.29 is 4.74 Å². The smallest absolute Gasteiger partial charge is 0.119 e. The molecule has 0 aliphatic rings. The van der Waals surface area contributed by atoms with Gasteiger partial charge in [-0.25, -0.2) is 0 Å². The highest BCUT2D eigenvalue weighted by Gasteiger charge is 2.09. The summed E-state index contributed by atoms with van der Waals surface area (Å²) in [5, 5.41) is 13.2. The third kappa shape index (κ3) is 3.63. The van der Waals surface area contributed by atoms with E-state index < -0.39 is 0 Å². The van der Waals surface area contributed by atoms with Gasteiger partial charge in [-0.3, -0.25) is 4.68 Å². The van der Waals surface area contributed by atoms with E-state index in [1.807, 2.05) is 28.9 Å². The Morgan fingerprint density at radius 1 is 1.24 bits per heavy atom. The van der Waals surface area contributed by atoms with Gasteiger partial charge in [-0.15, -0.1) is 0 Å². The molecule has 2 aromatic rings. The Morgan fingerprint density at radius 3 is 2.52 bits per heavy atom. The SMILES string of the molecule is CCc1c(C)nn(CCOc2ccc(CC#N)cc2)c1C. The molecule has 0 spiro atoms. The van der Waals surface area contributed by atoms with Gasteiger partial charge >= 0.3 is 0 Å². The van der Waals surface area contributed by atoms with E-state index in [-0.39, 0.29) is 0 Å². The van der Waals surface area contributed by atoms with E-state index in [2.05, 4.69) is 31.9 Å². The number of rotatable bonds is 6. The van der Waals surface area contributed by atoms with Crippen molar-refractivity contribution in [1.29, 1.82) is 5.26 Å². The Hall–Kier alpha value is -2.28. The lowest BCUT2D eigenvalue weighted by Crippen LogP contribution is -2.11. The van der Waals surface area contributed by atoms with Crippen LogP contribution in [0.3, 0.4) is 0 Å². The molecular weight excluding hydrogens is 262 g/mol. The lowest BCUT2D eigenvalue weighted by molar-refractivity contribution is 0.289. The van der Waals surface area contributed by atoms with Crippen LogP contribution < -0.4 is 4.74 Å². The third-order valence-electron chi connectivity index (χ3n) is 3.66. The van der Waals surface area contributed by atoms with Crippen molar-refractivity contribution in [3.05, 3.63) is 46.8 Å². The predicted octanol–water partition coefficient (Wildman–Crippen LogP) is 3.21. The summed E-state index contributed by atoms with van der Waals surface area (Å²) in [5.74, 6) is 0.828. The number of nitrogens with zero attached hydrogens (tertiary/aromatic N) is 3. The van der Waals surface area contributed by atoms with E-state index in [4.69, 9.17) is 10.00 Å². The van der Waals surface area contributed by atoms with E-state index in [0.717, 1.165) is 30.0 Å². The van der Waals surface area contributed by atoms with Gasteiger partial charge in [0.2, 0.25) is 0 Å². The lowest BCUT2D eigenvalue weighted by atomic mass is 10.1. The van der Waals surface area contributed by atoms with Crippen molar-refractivity contribution in [3.63, 3.8) is 0 Å². The summed E-state index contributed by atoms with van der Waals surface area (Å²) >= 11 is 0. The highest BCUT2D eigenvalue weighted by molar-refractivity contribution is 5.28. The topological polar surface area (TPSA) is 50.8 Å². The number of hydrogen-bond donors (Lipinski definition) is 0. The van der Waals surface area contributed by atoms with Crippen LogP contribution in [0.5, 0.6) is 5.75 Å². The number of hydrogen-bond acceptors (Lipinski definition) is 3. The quantitative estimate of drug-likeness (QED) is 0.818. The number of nitriles is 1. The minimum Gasteiger partial charge on any atom is -0.492 e. The lowest BCUT2D eigenvalue weighted by Gasteiger charge is -2.08. The summed E-state index contributed by atoms with van der Waals surface area (Å²) in [6.07, 6.45) is 1.45. The van der Waals surface area contributed by atoms with Gasteiger partial charge in [0.25, 0.3) is 0 Å². The first-order valence-corrected chi connectivity index (χ1v) is 7.27. The van der Waals surface area contributed by atoms with Crippen molar-refractivity contribution in [2.75, 3.05) is 6.61 Å². The zero-order chi connectivity index (χ0) is 15.2. The molecule has 0 fully saturated rings. The van der Waals surface area contributed by atoms with Crippen LogP contribution in [0.1, 0.15) is 29.4 Å². The molecule has 0 aliphatic carbocycles. The Bertz CT molecular complexity index is 635. The highest BCUT2D eigenvalue weighted by atomic mass is 16.5. The first kappa shape index (κ1) is 15.1. The van der Waals surface area contributed by atoms with Gasteiger partial charge in [-0.05, 0) is 43.5 Å². The predicted molar refractivity (Wildman–Crippen MR) is 82.3 cm³/mol. The second kappa shape index (κ2) is 6.94. The van der Waals surface area contributed by atoms with Gasteiger partial charge in [0.05, 0.1) is 24.7 Å². The van der Waals surface area contributed by atoms with Gasteiger partial charge in [0, 0.05) is 5.69 Å². The molecule has 2 rings (SSSR count). The van der Waals surface area contributed by atoms with E-state index >= 15 is 0 Å². The summed E-state index contributed by atoms with van der Waals surface area (Å²) in [5.41, 5.74) is 4.67. The van der Waals surface area contributed by atoms with Gasteiger partial charge in [-0.2, -0.15) is 10.4 Å². The van der Waals surface area contributed by atoms with Crippen molar-refractivity contribution in [2.24, 2.45) is 0 Å². The fourth-order valence-electron chi connectivity index (χ4n) is 2.51. The molecular formula is C17H21N3O. The maximum absolute atomic E-state index is 8.64. The molecule has 0 bridgehead atoms. The molecule has 0 amide bonds. The number of aromatic nitrogens is 2. The fraction of sp³-hybridized carbons (Fsp3) is 0.412. The van der Waals surface area contributed by atoms with Crippen molar-refractivity contribution in [2.45, 2.75) is 40.2 Å². The van der Waals surface area contributed by atoms with Crippen LogP contribution in [0.2, 0.25) is 0 Å². The fourth-order valence-corrected chi connectivity index (χ4v) is 2.51. The number of aryl methyl sites for hydroxylation is 1. The zero-order valence-corrected chi connectivity index (χ0v) is 12.9.